The molecule has 0 unspecified atom stereocenters. The Kier molecular flexibility index (Phi) is 3.97. The van der Waals surface area contributed by atoms with Gasteiger partial charge in [-0.2, -0.15) is 5.26 Å². The van der Waals surface area contributed by atoms with Crippen LogP contribution in [-0.4, -0.2) is 13.5 Å². The number of nitriles is 1. The van der Waals surface area contributed by atoms with Crippen LogP contribution in [0.1, 0.15) is 5.56 Å². The zero-order valence-corrected chi connectivity index (χ0v) is 12.4. The Labute approximate surface area is 124 Å². The number of phenols is 1. The van der Waals surface area contributed by atoms with E-state index >= 15 is 0 Å². The standard InChI is InChI=1S/C13H9BrN2O3S/c14-10-4-5-13(9(6-10)8-15)16-20(18,19)12-3-1-2-11(17)7-12/h1-7,16-17H. The molecule has 0 saturated heterocycles. The summed E-state index contributed by atoms with van der Waals surface area (Å²) in [5.41, 5.74) is 0.377. The minimum absolute atomic E-state index is 0.0793. The monoisotopic (exact) mass is 352 g/mol. The second-order valence-electron chi connectivity index (χ2n) is 3.90. The number of halogens is 1. The third-order valence-corrected chi connectivity index (χ3v) is 4.33. The number of anilines is 1. The molecule has 0 aliphatic carbocycles. The highest BCUT2D eigenvalue weighted by molar-refractivity contribution is 9.10. The van der Waals surface area contributed by atoms with Crippen LogP contribution in [0.15, 0.2) is 51.8 Å². The van der Waals surface area contributed by atoms with Gasteiger partial charge in [-0.05, 0) is 30.3 Å². The van der Waals surface area contributed by atoms with Crippen molar-refractivity contribution in [2.24, 2.45) is 0 Å². The third-order valence-electron chi connectivity index (χ3n) is 2.47. The molecule has 0 spiro atoms. The molecule has 2 aromatic rings. The number of rotatable bonds is 3. The van der Waals surface area contributed by atoms with E-state index in [0.29, 0.717) is 4.47 Å². The summed E-state index contributed by atoms with van der Waals surface area (Å²) >= 11 is 3.21. The Morgan fingerprint density at radius 3 is 2.60 bits per heavy atom. The minimum atomic E-state index is -3.86. The first kappa shape index (κ1) is 14.4. The van der Waals surface area contributed by atoms with E-state index in [1.807, 2.05) is 6.07 Å². The van der Waals surface area contributed by atoms with Gasteiger partial charge in [0.15, 0.2) is 0 Å². The summed E-state index contributed by atoms with van der Waals surface area (Å²) in [6.45, 7) is 0. The topological polar surface area (TPSA) is 90.2 Å². The van der Waals surface area contributed by atoms with Crippen molar-refractivity contribution in [1.82, 2.24) is 0 Å². The molecule has 0 aliphatic heterocycles. The smallest absolute Gasteiger partial charge is 0.262 e. The van der Waals surface area contributed by atoms with E-state index in [1.165, 1.54) is 30.3 Å². The van der Waals surface area contributed by atoms with E-state index in [1.54, 1.807) is 6.07 Å². The fraction of sp³-hybridized carbons (Fsp3) is 0. The van der Waals surface area contributed by atoms with Crippen molar-refractivity contribution in [2.75, 3.05) is 4.72 Å². The molecule has 5 nitrogen and oxygen atoms in total. The van der Waals surface area contributed by atoms with Crippen molar-refractivity contribution in [3.63, 3.8) is 0 Å². The lowest BCUT2D eigenvalue weighted by Gasteiger charge is -2.10. The van der Waals surface area contributed by atoms with E-state index in [2.05, 4.69) is 20.7 Å². The predicted molar refractivity (Wildman–Crippen MR) is 77.8 cm³/mol. The average molecular weight is 353 g/mol. The van der Waals surface area contributed by atoms with E-state index in [0.717, 1.165) is 6.07 Å². The molecule has 2 aromatic carbocycles. The zero-order chi connectivity index (χ0) is 14.8. The van der Waals surface area contributed by atoms with Crippen LogP contribution in [0.25, 0.3) is 0 Å². The Bertz CT molecular complexity index is 798. The summed E-state index contributed by atoms with van der Waals surface area (Å²) in [7, 11) is -3.86. The maximum Gasteiger partial charge on any atom is 0.262 e. The lowest BCUT2D eigenvalue weighted by atomic mass is 10.2. The SMILES string of the molecule is N#Cc1cc(Br)ccc1NS(=O)(=O)c1cccc(O)c1. The highest BCUT2D eigenvalue weighted by atomic mass is 79.9. The van der Waals surface area contributed by atoms with Crippen LogP contribution in [-0.2, 0) is 10.0 Å². The maximum absolute atomic E-state index is 12.2. The fourth-order valence-electron chi connectivity index (χ4n) is 1.55. The molecule has 102 valence electrons. The molecule has 0 fully saturated rings. The van der Waals surface area contributed by atoms with Gasteiger partial charge >= 0.3 is 0 Å². The number of hydrogen-bond donors (Lipinski definition) is 2. The highest BCUT2D eigenvalue weighted by Gasteiger charge is 2.16. The third kappa shape index (κ3) is 3.10. The molecular formula is C13H9BrN2O3S. The van der Waals surface area contributed by atoms with Crippen molar-refractivity contribution in [2.45, 2.75) is 4.90 Å². The number of phenolic OH excluding ortho intramolecular Hbond substituents is 1. The van der Waals surface area contributed by atoms with Gasteiger partial charge in [-0.1, -0.05) is 22.0 Å². The first-order valence-electron chi connectivity index (χ1n) is 5.44. The summed E-state index contributed by atoms with van der Waals surface area (Å²) in [6, 6.07) is 11.8. The lowest BCUT2D eigenvalue weighted by molar-refractivity contribution is 0.473. The first-order valence-corrected chi connectivity index (χ1v) is 7.71. The van der Waals surface area contributed by atoms with Crippen molar-refractivity contribution in [3.8, 4) is 11.8 Å². The maximum atomic E-state index is 12.2. The van der Waals surface area contributed by atoms with Crippen LogP contribution in [0, 0.1) is 11.3 Å². The van der Waals surface area contributed by atoms with Gasteiger partial charge in [0.1, 0.15) is 11.8 Å². The minimum Gasteiger partial charge on any atom is -0.508 e. The molecule has 0 aromatic heterocycles. The largest absolute Gasteiger partial charge is 0.508 e. The van der Waals surface area contributed by atoms with Crippen LogP contribution in [0.2, 0.25) is 0 Å². The van der Waals surface area contributed by atoms with Crippen LogP contribution in [0.4, 0.5) is 5.69 Å². The molecule has 0 saturated carbocycles. The van der Waals surface area contributed by atoms with Crippen molar-refractivity contribution >= 4 is 31.6 Å². The molecule has 0 atom stereocenters. The van der Waals surface area contributed by atoms with Crippen molar-refractivity contribution in [1.29, 1.82) is 5.26 Å². The second kappa shape index (κ2) is 5.53. The van der Waals surface area contributed by atoms with Crippen LogP contribution in [0.5, 0.6) is 5.75 Å². The fourth-order valence-corrected chi connectivity index (χ4v) is 3.03. The molecule has 20 heavy (non-hydrogen) atoms. The number of nitrogens with zero attached hydrogens (tertiary/aromatic N) is 1. The summed E-state index contributed by atoms with van der Waals surface area (Å²) in [5.74, 6) is -0.149. The van der Waals surface area contributed by atoms with E-state index in [4.69, 9.17) is 5.26 Å². The number of aromatic hydroxyl groups is 1. The van der Waals surface area contributed by atoms with Gasteiger partial charge in [-0.25, -0.2) is 8.42 Å². The number of hydrogen-bond acceptors (Lipinski definition) is 4. The summed E-state index contributed by atoms with van der Waals surface area (Å²) in [4.78, 5) is -0.0793. The molecule has 0 amide bonds. The molecule has 2 rings (SSSR count). The predicted octanol–water partition coefficient (Wildman–Crippen LogP) is 2.83. The summed E-state index contributed by atoms with van der Waals surface area (Å²) in [6.07, 6.45) is 0. The van der Waals surface area contributed by atoms with Crippen LogP contribution >= 0.6 is 15.9 Å². The van der Waals surface area contributed by atoms with Gasteiger partial charge in [0.2, 0.25) is 0 Å². The van der Waals surface area contributed by atoms with E-state index in [-0.39, 0.29) is 21.9 Å². The Morgan fingerprint density at radius 2 is 1.95 bits per heavy atom. The van der Waals surface area contributed by atoms with Gasteiger partial charge in [0.05, 0.1) is 16.1 Å². The molecule has 0 aliphatic rings. The zero-order valence-electron chi connectivity index (χ0n) is 10.0. The van der Waals surface area contributed by atoms with E-state index < -0.39 is 10.0 Å². The van der Waals surface area contributed by atoms with Gasteiger partial charge in [0.25, 0.3) is 10.0 Å². The normalized spacial score (nSPS) is 10.8. The van der Waals surface area contributed by atoms with Gasteiger partial charge in [-0.3, -0.25) is 4.72 Å². The van der Waals surface area contributed by atoms with Crippen molar-refractivity contribution < 1.29 is 13.5 Å². The summed E-state index contributed by atoms with van der Waals surface area (Å²) < 4.78 is 27.3. The first-order chi connectivity index (χ1) is 9.42. The number of nitrogens with one attached hydrogen (secondary N) is 1. The van der Waals surface area contributed by atoms with Crippen LogP contribution in [0.3, 0.4) is 0 Å². The molecule has 2 N–H and O–H groups in total. The lowest BCUT2D eigenvalue weighted by Crippen LogP contribution is -2.13. The quantitative estimate of drug-likeness (QED) is 0.888. The molecule has 0 heterocycles. The van der Waals surface area contributed by atoms with Gasteiger partial charge in [-0.15, -0.1) is 0 Å². The molecule has 0 bridgehead atoms. The molecule has 0 radical (unpaired) electrons. The highest BCUT2D eigenvalue weighted by Crippen LogP contribution is 2.24. The Hall–Kier alpha value is -2.04. The van der Waals surface area contributed by atoms with Gasteiger partial charge < -0.3 is 5.11 Å². The molecular weight excluding hydrogens is 344 g/mol. The number of benzene rings is 2. The molecule has 7 heteroatoms. The van der Waals surface area contributed by atoms with E-state index in [9.17, 15) is 13.5 Å². The second-order valence-corrected chi connectivity index (χ2v) is 6.50. The number of sulfonamides is 1. The van der Waals surface area contributed by atoms with Gasteiger partial charge in [0, 0.05) is 10.5 Å². The van der Waals surface area contributed by atoms with Crippen LogP contribution < -0.4 is 4.72 Å². The average Bonchev–Trinajstić information content (AvgIpc) is 2.40. The Morgan fingerprint density at radius 1 is 1.20 bits per heavy atom. The Balaban J connectivity index is 2.42. The summed E-state index contributed by atoms with van der Waals surface area (Å²) in [5, 5.41) is 18.3. The van der Waals surface area contributed by atoms with Crippen molar-refractivity contribution in [3.05, 3.63) is 52.5 Å².